The topological polar surface area (TPSA) is 77.3 Å². The van der Waals surface area contributed by atoms with Gasteiger partial charge < -0.3 is 14.6 Å². The molecule has 134 valence electrons. The van der Waals surface area contributed by atoms with Crippen LogP contribution in [0, 0.1) is 0 Å². The van der Waals surface area contributed by atoms with Crippen molar-refractivity contribution in [2.75, 3.05) is 0 Å². The molecule has 0 atom stereocenters. The number of thiophene rings is 1. The number of aromatic nitrogens is 2. The van der Waals surface area contributed by atoms with E-state index in [0.29, 0.717) is 23.4 Å². The number of carbonyl (C=O) groups excluding carboxylic acids is 1. The molecule has 0 radical (unpaired) electrons. The number of carbonyl (C=O) groups is 1. The highest BCUT2D eigenvalue weighted by Crippen LogP contribution is 2.24. The van der Waals surface area contributed by atoms with E-state index in [1.54, 1.807) is 23.5 Å². The van der Waals surface area contributed by atoms with E-state index in [2.05, 4.69) is 15.5 Å². The van der Waals surface area contributed by atoms with Gasteiger partial charge in [-0.2, -0.15) is 16.3 Å². The number of amides is 1. The van der Waals surface area contributed by atoms with Crippen LogP contribution in [0.4, 0.5) is 0 Å². The first kappa shape index (κ1) is 16.8. The van der Waals surface area contributed by atoms with Crippen molar-refractivity contribution in [2.24, 2.45) is 0 Å². The van der Waals surface area contributed by atoms with E-state index < -0.39 is 0 Å². The van der Waals surface area contributed by atoms with Crippen LogP contribution in [-0.2, 0) is 6.54 Å². The minimum Gasteiger partial charge on any atom is -0.490 e. The quantitative estimate of drug-likeness (QED) is 0.709. The van der Waals surface area contributed by atoms with Crippen molar-refractivity contribution in [1.82, 2.24) is 15.5 Å². The van der Waals surface area contributed by atoms with Gasteiger partial charge in [-0.25, -0.2) is 0 Å². The van der Waals surface area contributed by atoms with E-state index in [0.717, 1.165) is 24.2 Å². The summed E-state index contributed by atoms with van der Waals surface area (Å²) in [5.41, 5.74) is 1.48. The minimum absolute atomic E-state index is 0.187. The van der Waals surface area contributed by atoms with Crippen LogP contribution in [0.2, 0.25) is 0 Å². The summed E-state index contributed by atoms with van der Waals surface area (Å²) in [6.45, 7) is 0.191. The third-order valence-corrected chi connectivity index (χ3v) is 5.05. The average Bonchev–Trinajstić information content (AvgIpc) is 3.41. The molecular formula is C19H19N3O3S. The fraction of sp³-hybridized carbons (Fsp3) is 0.316. The van der Waals surface area contributed by atoms with Gasteiger partial charge in [-0.3, -0.25) is 4.79 Å². The second kappa shape index (κ2) is 7.70. The summed E-state index contributed by atoms with van der Waals surface area (Å²) in [6.07, 6.45) is 4.99. The van der Waals surface area contributed by atoms with Crippen LogP contribution in [-0.4, -0.2) is 22.2 Å². The molecule has 1 fully saturated rings. The predicted octanol–water partition coefficient (Wildman–Crippen LogP) is 4.05. The fourth-order valence-corrected chi connectivity index (χ4v) is 3.61. The Bertz CT molecular complexity index is 853. The largest absolute Gasteiger partial charge is 0.490 e. The van der Waals surface area contributed by atoms with Crippen molar-refractivity contribution in [1.29, 1.82) is 0 Å². The van der Waals surface area contributed by atoms with Gasteiger partial charge in [-0.05, 0) is 61.4 Å². The first-order chi connectivity index (χ1) is 12.8. The summed E-state index contributed by atoms with van der Waals surface area (Å²) in [5, 5.41) is 10.6. The zero-order chi connectivity index (χ0) is 17.8. The Kier molecular flexibility index (Phi) is 4.97. The monoisotopic (exact) mass is 369 g/mol. The molecule has 2 heterocycles. The first-order valence-electron chi connectivity index (χ1n) is 8.68. The molecule has 1 aliphatic rings. The number of nitrogens with one attached hydrogen (secondary N) is 1. The summed E-state index contributed by atoms with van der Waals surface area (Å²) in [7, 11) is 0. The lowest BCUT2D eigenvalue weighted by atomic mass is 10.2. The van der Waals surface area contributed by atoms with E-state index in [4.69, 9.17) is 9.26 Å². The van der Waals surface area contributed by atoms with Gasteiger partial charge in [0.05, 0.1) is 12.6 Å². The van der Waals surface area contributed by atoms with E-state index in [-0.39, 0.29) is 12.5 Å². The Labute approximate surface area is 155 Å². The SMILES string of the molecule is O=C(NCc1nc(-c2ccsc2)no1)c1ccc(OC2CCCC2)cc1. The van der Waals surface area contributed by atoms with Crippen molar-refractivity contribution in [3.05, 3.63) is 52.5 Å². The molecule has 4 rings (SSSR count). The molecule has 1 N–H and O–H groups in total. The maximum atomic E-state index is 12.3. The Hall–Kier alpha value is -2.67. The number of hydrogen-bond acceptors (Lipinski definition) is 6. The second-order valence-corrected chi connectivity index (χ2v) is 7.04. The highest BCUT2D eigenvalue weighted by Gasteiger charge is 2.17. The fourth-order valence-electron chi connectivity index (χ4n) is 2.98. The third-order valence-electron chi connectivity index (χ3n) is 4.37. The lowest BCUT2D eigenvalue weighted by Crippen LogP contribution is -2.22. The van der Waals surface area contributed by atoms with Crippen molar-refractivity contribution in [3.8, 4) is 17.1 Å². The highest BCUT2D eigenvalue weighted by molar-refractivity contribution is 7.08. The molecule has 0 saturated heterocycles. The number of hydrogen-bond donors (Lipinski definition) is 1. The van der Waals surface area contributed by atoms with Gasteiger partial charge >= 0.3 is 0 Å². The summed E-state index contributed by atoms with van der Waals surface area (Å²) >= 11 is 1.57. The molecule has 0 unspecified atom stereocenters. The van der Waals surface area contributed by atoms with Gasteiger partial charge in [0, 0.05) is 16.5 Å². The van der Waals surface area contributed by atoms with Crippen LogP contribution in [0.3, 0.4) is 0 Å². The maximum Gasteiger partial charge on any atom is 0.251 e. The minimum atomic E-state index is -0.187. The number of nitrogens with zero attached hydrogens (tertiary/aromatic N) is 2. The predicted molar refractivity (Wildman–Crippen MR) is 98.1 cm³/mol. The molecule has 3 aromatic rings. The Morgan fingerprint density at radius 3 is 2.77 bits per heavy atom. The van der Waals surface area contributed by atoms with Crippen molar-refractivity contribution >= 4 is 17.2 Å². The van der Waals surface area contributed by atoms with Gasteiger partial charge in [-0.1, -0.05) is 5.16 Å². The molecule has 6 nitrogen and oxygen atoms in total. The van der Waals surface area contributed by atoms with Crippen LogP contribution in [0.15, 0.2) is 45.6 Å². The molecular weight excluding hydrogens is 350 g/mol. The van der Waals surface area contributed by atoms with Crippen LogP contribution in [0.25, 0.3) is 11.4 Å². The Balaban J connectivity index is 1.31. The molecule has 1 amide bonds. The summed E-state index contributed by atoms with van der Waals surface area (Å²) in [4.78, 5) is 16.6. The number of ether oxygens (including phenoxy) is 1. The second-order valence-electron chi connectivity index (χ2n) is 6.26. The van der Waals surface area contributed by atoms with E-state index in [1.807, 2.05) is 29.0 Å². The third kappa shape index (κ3) is 3.94. The summed E-state index contributed by atoms with van der Waals surface area (Å²) < 4.78 is 11.1. The van der Waals surface area contributed by atoms with Crippen LogP contribution in [0.5, 0.6) is 5.75 Å². The van der Waals surface area contributed by atoms with Crippen molar-refractivity contribution in [3.63, 3.8) is 0 Å². The van der Waals surface area contributed by atoms with E-state index in [9.17, 15) is 4.79 Å². The molecule has 7 heteroatoms. The van der Waals surface area contributed by atoms with Gasteiger partial charge in [0.2, 0.25) is 11.7 Å². The zero-order valence-electron chi connectivity index (χ0n) is 14.2. The molecule has 0 aliphatic heterocycles. The summed E-state index contributed by atoms with van der Waals surface area (Å²) in [5.74, 6) is 1.53. The van der Waals surface area contributed by atoms with Crippen molar-refractivity contribution in [2.45, 2.75) is 38.3 Å². The standard InChI is InChI=1S/C19H19N3O3S/c23-19(13-5-7-16(8-6-13)24-15-3-1-2-4-15)20-11-17-21-18(22-25-17)14-9-10-26-12-14/h5-10,12,15H,1-4,11H2,(H,20,23). The maximum absolute atomic E-state index is 12.3. The molecule has 0 spiro atoms. The lowest BCUT2D eigenvalue weighted by Gasteiger charge is -2.13. The normalized spacial score (nSPS) is 14.5. The van der Waals surface area contributed by atoms with Crippen LogP contribution in [0.1, 0.15) is 41.9 Å². The van der Waals surface area contributed by atoms with Crippen LogP contribution < -0.4 is 10.1 Å². The number of benzene rings is 1. The Morgan fingerprint density at radius 1 is 1.23 bits per heavy atom. The molecule has 0 bridgehead atoms. The van der Waals surface area contributed by atoms with Crippen molar-refractivity contribution < 1.29 is 14.1 Å². The number of rotatable bonds is 6. The van der Waals surface area contributed by atoms with Crippen LogP contribution >= 0.6 is 11.3 Å². The molecule has 26 heavy (non-hydrogen) atoms. The molecule has 1 saturated carbocycles. The lowest BCUT2D eigenvalue weighted by molar-refractivity contribution is 0.0946. The average molecular weight is 369 g/mol. The summed E-state index contributed by atoms with van der Waals surface area (Å²) in [6, 6.07) is 9.14. The van der Waals surface area contributed by atoms with E-state index >= 15 is 0 Å². The molecule has 1 aromatic carbocycles. The Morgan fingerprint density at radius 2 is 2.04 bits per heavy atom. The van der Waals surface area contributed by atoms with Gasteiger partial charge in [0.15, 0.2) is 0 Å². The van der Waals surface area contributed by atoms with Gasteiger partial charge in [0.1, 0.15) is 5.75 Å². The molecule has 1 aliphatic carbocycles. The van der Waals surface area contributed by atoms with Gasteiger partial charge in [-0.15, -0.1) is 0 Å². The highest BCUT2D eigenvalue weighted by atomic mass is 32.1. The van der Waals surface area contributed by atoms with E-state index in [1.165, 1.54) is 12.8 Å². The first-order valence-corrected chi connectivity index (χ1v) is 9.62. The molecule has 2 aromatic heterocycles. The smallest absolute Gasteiger partial charge is 0.251 e. The zero-order valence-corrected chi connectivity index (χ0v) is 15.0. The van der Waals surface area contributed by atoms with Gasteiger partial charge in [0.25, 0.3) is 5.91 Å².